The van der Waals surface area contributed by atoms with Crippen LogP contribution in [0.1, 0.15) is 51.9 Å². The van der Waals surface area contributed by atoms with Gasteiger partial charge < -0.3 is 77.8 Å². The van der Waals surface area contributed by atoms with Gasteiger partial charge in [-0.2, -0.15) is 0 Å². The number of nitrogens with two attached hydrogens (primary N) is 4. The lowest BCUT2D eigenvalue weighted by Crippen LogP contribution is -2.68. The number of unbranched alkanes of at least 4 members (excludes halogenated alkanes) is 5. The SMILES string of the molecule is CCCCCCCCNC[C@H]1OC(O[C@@H]2[C@@H](O)[C@H](O[C@H]3O[C@H](CN)[C@@H](O)[C@H](O)[C@H]3O)[C@@H](N)C[C@H]2N)[C@H](O)[C@@H](N)[C@@H]1O. The summed E-state index contributed by atoms with van der Waals surface area (Å²) in [5.74, 6) is 0. The fourth-order valence-electron chi connectivity index (χ4n) is 5.69. The number of nitrogens with one attached hydrogen (secondary N) is 1. The maximum absolute atomic E-state index is 11.2. The average Bonchev–Trinajstić information content (AvgIpc) is 2.95. The van der Waals surface area contributed by atoms with E-state index in [1.165, 1.54) is 25.7 Å². The molecule has 0 spiro atoms. The fraction of sp³-hybridized carbons (Fsp3) is 1.00. The van der Waals surface area contributed by atoms with E-state index < -0.39 is 91.7 Å². The van der Waals surface area contributed by atoms with Gasteiger partial charge in [0.25, 0.3) is 0 Å². The minimum atomic E-state index is -1.64. The first kappa shape index (κ1) is 34.9. The van der Waals surface area contributed by atoms with Crippen molar-refractivity contribution < 1.29 is 49.6 Å². The quantitative estimate of drug-likeness (QED) is 0.0847. The zero-order chi connectivity index (χ0) is 30.3. The molecule has 0 aromatic carbocycles. The van der Waals surface area contributed by atoms with Crippen LogP contribution in [0.25, 0.3) is 0 Å². The molecular weight excluding hydrogens is 542 g/mol. The molecule has 0 bridgehead atoms. The van der Waals surface area contributed by atoms with E-state index in [1.54, 1.807) is 0 Å². The maximum Gasteiger partial charge on any atom is 0.187 e. The molecule has 1 saturated carbocycles. The first-order chi connectivity index (χ1) is 19.5. The lowest BCUT2D eigenvalue weighted by atomic mass is 9.84. The molecule has 41 heavy (non-hydrogen) atoms. The summed E-state index contributed by atoms with van der Waals surface area (Å²) in [5.41, 5.74) is 24.2. The zero-order valence-corrected chi connectivity index (χ0v) is 23.9. The Kier molecular flexibility index (Phi) is 14.0. The summed E-state index contributed by atoms with van der Waals surface area (Å²) in [6, 6.07) is -2.67. The number of hydrogen-bond donors (Lipinski definition) is 11. The van der Waals surface area contributed by atoms with E-state index in [4.69, 9.17) is 41.9 Å². The Balaban J connectivity index is 1.59. The molecular formula is C26H53N5O10. The van der Waals surface area contributed by atoms with Crippen molar-refractivity contribution in [3.8, 4) is 0 Å². The molecule has 15 nitrogen and oxygen atoms in total. The van der Waals surface area contributed by atoms with Gasteiger partial charge in [0, 0.05) is 25.2 Å². The van der Waals surface area contributed by atoms with Crippen LogP contribution in [0.5, 0.6) is 0 Å². The number of ether oxygens (including phenoxy) is 4. The summed E-state index contributed by atoms with van der Waals surface area (Å²) in [7, 11) is 0. The maximum atomic E-state index is 11.2. The lowest BCUT2D eigenvalue weighted by Gasteiger charge is -2.48. The highest BCUT2D eigenvalue weighted by Crippen LogP contribution is 2.31. The average molecular weight is 596 g/mol. The number of rotatable bonds is 14. The van der Waals surface area contributed by atoms with Crippen molar-refractivity contribution in [1.29, 1.82) is 0 Å². The molecule has 1 aliphatic carbocycles. The van der Waals surface area contributed by atoms with Gasteiger partial charge in [0.15, 0.2) is 12.6 Å². The first-order valence-corrected chi connectivity index (χ1v) is 14.9. The van der Waals surface area contributed by atoms with Crippen LogP contribution in [0.15, 0.2) is 0 Å². The van der Waals surface area contributed by atoms with Crippen molar-refractivity contribution in [1.82, 2.24) is 5.32 Å². The number of hydrogen-bond acceptors (Lipinski definition) is 15. The molecule has 15 N–H and O–H groups in total. The Labute approximate surface area is 241 Å². The normalized spacial score (nSPS) is 45.6. The molecule has 2 aliphatic heterocycles. The van der Waals surface area contributed by atoms with Crippen molar-refractivity contribution in [2.45, 2.75) is 144 Å². The van der Waals surface area contributed by atoms with Gasteiger partial charge >= 0.3 is 0 Å². The predicted molar refractivity (Wildman–Crippen MR) is 147 cm³/mol. The van der Waals surface area contributed by atoms with Crippen LogP contribution in [0.4, 0.5) is 0 Å². The Bertz CT molecular complexity index is 759. The van der Waals surface area contributed by atoms with Gasteiger partial charge in [-0.3, -0.25) is 0 Å². The highest BCUT2D eigenvalue weighted by atomic mass is 16.7. The minimum Gasteiger partial charge on any atom is -0.389 e. The molecule has 0 aromatic heterocycles. The second-order valence-electron chi connectivity index (χ2n) is 11.6. The molecule has 0 aromatic rings. The molecule has 0 radical (unpaired) electrons. The van der Waals surface area contributed by atoms with Gasteiger partial charge in [-0.25, -0.2) is 0 Å². The summed E-state index contributed by atoms with van der Waals surface area (Å²) < 4.78 is 23.2. The summed E-state index contributed by atoms with van der Waals surface area (Å²) in [5, 5.41) is 66.4. The van der Waals surface area contributed by atoms with Crippen LogP contribution in [0.3, 0.4) is 0 Å². The van der Waals surface area contributed by atoms with E-state index >= 15 is 0 Å². The van der Waals surface area contributed by atoms with Crippen LogP contribution in [0, 0.1) is 0 Å². The Morgan fingerprint density at radius 3 is 1.85 bits per heavy atom. The minimum absolute atomic E-state index is 0.126. The van der Waals surface area contributed by atoms with E-state index in [-0.39, 0.29) is 19.5 Å². The van der Waals surface area contributed by atoms with Crippen molar-refractivity contribution >= 4 is 0 Å². The van der Waals surface area contributed by atoms with Crippen molar-refractivity contribution in [3.63, 3.8) is 0 Å². The van der Waals surface area contributed by atoms with Gasteiger partial charge in [-0.05, 0) is 19.4 Å². The molecule has 2 heterocycles. The Hall–Kier alpha value is -0.600. The molecule has 1 unspecified atom stereocenters. The molecule has 242 valence electrons. The molecule has 3 rings (SSSR count). The van der Waals surface area contributed by atoms with Crippen molar-refractivity contribution in [2.24, 2.45) is 22.9 Å². The Morgan fingerprint density at radius 2 is 1.24 bits per heavy atom. The van der Waals surface area contributed by atoms with E-state index in [2.05, 4.69) is 12.2 Å². The van der Waals surface area contributed by atoms with Gasteiger partial charge in [0.1, 0.15) is 54.9 Å². The van der Waals surface area contributed by atoms with E-state index in [9.17, 15) is 30.6 Å². The second kappa shape index (κ2) is 16.5. The molecule has 3 fully saturated rings. The monoisotopic (exact) mass is 595 g/mol. The zero-order valence-electron chi connectivity index (χ0n) is 23.9. The number of aliphatic hydroxyl groups excluding tert-OH is 6. The topological polar surface area (TPSA) is 274 Å². The summed E-state index contributed by atoms with van der Waals surface area (Å²) in [4.78, 5) is 0. The predicted octanol–water partition coefficient (Wildman–Crippen LogP) is -4.33. The van der Waals surface area contributed by atoms with Crippen LogP contribution < -0.4 is 28.3 Å². The molecule has 3 aliphatic rings. The fourth-order valence-corrected chi connectivity index (χ4v) is 5.69. The highest BCUT2D eigenvalue weighted by Gasteiger charge is 2.51. The number of aliphatic hydroxyl groups is 6. The largest absolute Gasteiger partial charge is 0.389 e. The van der Waals surface area contributed by atoms with Crippen LogP contribution in [-0.4, -0.2) is 142 Å². The van der Waals surface area contributed by atoms with Gasteiger partial charge in [0.05, 0.1) is 12.1 Å². The third-order valence-corrected chi connectivity index (χ3v) is 8.35. The van der Waals surface area contributed by atoms with E-state index in [0.717, 1.165) is 19.4 Å². The van der Waals surface area contributed by atoms with Crippen LogP contribution in [-0.2, 0) is 18.9 Å². The van der Waals surface area contributed by atoms with Crippen molar-refractivity contribution in [2.75, 3.05) is 19.6 Å². The van der Waals surface area contributed by atoms with Gasteiger partial charge in [0.2, 0.25) is 0 Å². The van der Waals surface area contributed by atoms with E-state index in [0.29, 0.717) is 0 Å². The molecule has 15 heteroatoms. The first-order valence-electron chi connectivity index (χ1n) is 14.9. The third-order valence-electron chi connectivity index (χ3n) is 8.35. The highest BCUT2D eigenvalue weighted by molar-refractivity contribution is 5.01. The Morgan fingerprint density at radius 1 is 0.683 bits per heavy atom. The molecule has 2 saturated heterocycles. The molecule has 0 amide bonds. The molecule has 15 atom stereocenters. The standard InChI is InChI=1S/C26H53N5O10/c1-2-3-4-5-6-7-8-31-11-15-17(32)16(30)19(34)25(39-15)40-23-12(28)9-13(29)24(22(23)37)41-26-21(36)20(35)18(33)14(10-27)38-26/h12-26,31-37H,2-11,27-30H2,1H3/t12-,13+,14-,15-,16+,17-,18-,19-,20+,21-,22-,23+,24-,25?,26-/m1/s1. The van der Waals surface area contributed by atoms with E-state index in [1.807, 2.05) is 0 Å². The van der Waals surface area contributed by atoms with Crippen LogP contribution >= 0.6 is 0 Å². The summed E-state index contributed by atoms with van der Waals surface area (Å²) in [6.07, 6.45) is -8.57. The summed E-state index contributed by atoms with van der Waals surface area (Å²) >= 11 is 0. The van der Waals surface area contributed by atoms with Gasteiger partial charge in [-0.1, -0.05) is 39.0 Å². The summed E-state index contributed by atoms with van der Waals surface area (Å²) in [6.45, 7) is 3.03. The third kappa shape index (κ3) is 8.74. The lowest BCUT2D eigenvalue weighted by molar-refractivity contribution is -0.330. The smallest absolute Gasteiger partial charge is 0.187 e. The van der Waals surface area contributed by atoms with Gasteiger partial charge in [-0.15, -0.1) is 0 Å². The van der Waals surface area contributed by atoms with Crippen LogP contribution in [0.2, 0.25) is 0 Å². The van der Waals surface area contributed by atoms with Crippen molar-refractivity contribution in [3.05, 3.63) is 0 Å². The second-order valence-corrected chi connectivity index (χ2v) is 11.6.